The first-order chi connectivity index (χ1) is 16.7. The SMILES string of the molecule is Cc1ccc(NC(=O)C(C)C)cc1C1CCN(CCCNC(=O)C(O)c2ccc(F)c(F)c2)CC1. The molecular formula is C27H35F2N3O3. The van der Waals surface area contributed by atoms with Crippen LogP contribution in [0.1, 0.15) is 61.8 Å². The predicted octanol–water partition coefficient (Wildman–Crippen LogP) is 4.29. The number of piperidine rings is 1. The Balaban J connectivity index is 1.42. The minimum atomic E-state index is -1.54. The Kier molecular flexibility index (Phi) is 9.34. The van der Waals surface area contributed by atoms with Crippen molar-refractivity contribution in [2.24, 2.45) is 5.92 Å². The van der Waals surface area contributed by atoms with Gasteiger partial charge in [-0.05, 0) is 92.7 Å². The van der Waals surface area contributed by atoms with E-state index in [2.05, 4.69) is 34.6 Å². The molecular weight excluding hydrogens is 452 g/mol. The first-order valence-electron chi connectivity index (χ1n) is 12.2. The average molecular weight is 488 g/mol. The van der Waals surface area contributed by atoms with Crippen LogP contribution in [0.25, 0.3) is 0 Å². The number of hydrogen-bond donors (Lipinski definition) is 3. The van der Waals surface area contributed by atoms with E-state index in [9.17, 15) is 23.5 Å². The summed E-state index contributed by atoms with van der Waals surface area (Å²) in [5.74, 6) is -2.37. The summed E-state index contributed by atoms with van der Waals surface area (Å²) in [6.45, 7) is 8.94. The second-order valence-corrected chi connectivity index (χ2v) is 9.55. The van der Waals surface area contributed by atoms with Gasteiger partial charge in [-0.2, -0.15) is 0 Å². The summed E-state index contributed by atoms with van der Waals surface area (Å²) in [7, 11) is 0. The number of amides is 2. The molecule has 0 aromatic heterocycles. The number of anilines is 1. The number of nitrogens with one attached hydrogen (secondary N) is 2. The lowest BCUT2D eigenvalue weighted by molar-refractivity contribution is -0.129. The monoisotopic (exact) mass is 487 g/mol. The summed E-state index contributed by atoms with van der Waals surface area (Å²) >= 11 is 0. The maximum Gasteiger partial charge on any atom is 0.253 e. The number of benzene rings is 2. The molecule has 1 unspecified atom stereocenters. The summed E-state index contributed by atoms with van der Waals surface area (Å²) in [5.41, 5.74) is 3.37. The van der Waals surface area contributed by atoms with Gasteiger partial charge in [-0.15, -0.1) is 0 Å². The van der Waals surface area contributed by atoms with Gasteiger partial charge in [-0.25, -0.2) is 8.78 Å². The maximum atomic E-state index is 13.3. The minimum Gasteiger partial charge on any atom is -0.378 e. The highest BCUT2D eigenvalue weighted by atomic mass is 19.2. The zero-order valence-electron chi connectivity index (χ0n) is 20.6. The number of aliphatic hydroxyl groups is 1. The quantitative estimate of drug-likeness (QED) is 0.461. The third kappa shape index (κ3) is 7.32. The van der Waals surface area contributed by atoms with Crippen LogP contribution in [0.4, 0.5) is 14.5 Å². The van der Waals surface area contributed by atoms with Crippen molar-refractivity contribution in [3.05, 3.63) is 64.7 Å². The largest absolute Gasteiger partial charge is 0.378 e. The van der Waals surface area contributed by atoms with E-state index in [1.54, 1.807) is 0 Å². The molecule has 8 heteroatoms. The van der Waals surface area contributed by atoms with Gasteiger partial charge in [0.1, 0.15) is 0 Å². The second-order valence-electron chi connectivity index (χ2n) is 9.55. The molecule has 3 rings (SSSR count). The number of likely N-dealkylation sites (tertiary alicyclic amines) is 1. The van der Waals surface area contributed by atoms with Crippen LogP contribution >= 0.6 is 0 Å². The number of aryl methyl sites for hydroxylation is 1. The molecule has 0 spiro atoms. The van der Waals surface area contributed by atoms with Crippen LogP contribution in [0.2, 0.25) is 0 Å². The molecule has 0 aliphatic carbocycles. The molecule has 0 radical (unpaired) electrons. The van der Waals surface area contributed by atoms with Crippen molar-refractivity contribution in [1.29, 1.82) is 0 Å². The molecule has 1 saturated heterocycles. The van der Waals surface area contributed by atoms with E-state index in [1.165, 1.54) is 17.2 Å². The van der Waals surface area contributed by atoms with Crippen LogP contribution in [0, 0.1) is 24.5 Å². The zero-order chi connectivity index (χ0) is 25.5. The number of hydrogen-bond acceptors (Lipinski definition) is 4. The molecule has 2 aromatic rings. The van der Waals surface area contributed by atoms with Crippen molar-refractivity contribution >= 4 is 17.5 Å². The molecule has 2 amide bonds. The molecule has 1 aliphatic rings. The Morgan fingerprint density at radius 1 is 1.06 bits per heavy atom. The Hall–Kier alpha value is -2.84. The fourth-order valence-corrected chi connectivity index (χ4v) is 4.36. The summed E-state index contributed by atoms with van der Waals surface area (Å²) in [6, 6.07) is 9.04. The van der Waals surface area contributed by atoms with Crippen molar-refractivity contribution < 1.29 is 23.5 Å². The number of rotatable bonds is 9. The third-order valence-electron chi connectivity index (χ3n) is 6.56. The molecule has 1 fully saturated rings. The molecule has 190 valence electrons. The summed E-state index contributed by atoms with van der Waals surface area (Å²) in [5, 5.41) is 15.7. The lowest BCUT2D eigenvalue weighted by Gasteiger charge is -2.33. The highest BCUT2D eigenvalue weighted by molar-refractivity contribution is 5.92. The van der Waals surface area contributed by atoms with Gasteiger partial charge in [0, 0.05) is 18.2 Å². The van der Waals surface area contributed by atoms with Gasteiger partial charge in [0.15, 0.2) is 17.7 Å². The molecule has 3 N–H and O–H groups in total. The first kappa shape index (κ1) is 26.8. The molecule has 35 heavy (non-hydrogen) atoms. The van der Waals surface area contributed by atoms with Crippen molar-refractivity contribution in [1.82, 2.24) is 10.2 Å². The van der Waals surface area contributed by atoms with Gasteiger partial charge in [0.25, 0.3) is 5.91 Å². The van der Waals surface area contributed by atoms with Gasteiger partial charge < -0.3 is 20.6 Å². The van der Waals surface area contributed by atoms with E-state index in [0.29, 0.717) is 12.5 Å². The maximum absolute atomic E-state index is 13.3. The lowest BCUT2D eigenvalue weighted by atomic mass is 9.86. The molecule has 6 nitrogen and oxygen atoms in total. The standard InChI is InChI=1S/C27H35F2N3O3/c1-17(2)26(34)31-21-7-5-18(3)22(16-21)19-9-13-32(14-10-19)12-4-11-30-27(35)25(33)20-6-8-23(28)24(29)15-20/h5-8,15-17,19,25,33H,4,9-14H2,1-3H3,(H,30,35)(H,31,34). The van der Waals surface area contributed by atoms with Gasteiger partial charge in [-0.3, -0.25) is 9.59 Å². The number of aliphatic hydroxyl groups excluding tert-OH is 1. The molecule has 2 aromatic carbocycles. The highest BCUT2D eigenvalue weighted by Crippen LogP contribution is 2.32. The molecule has 1 heterocycles. The van der Waals surface area contributed by atoms with Crippen molar-refractivity contribution in [3.63, 3.8) is 0 Å². The minimum absolute atomic E-state index is 0.0130. The topological polar surface area (TPSA) is 81.7 Å². The second kappa shape index (κ2) is 12.2. The van der Waals surface area contributed by atoms with Crippen LogP contribution < -0.4 is 10.6 Å². The summed E-state index contributed by atoms with van der Waals surface area (Å²) < 4.78 is 26.4. The van der Waals surface area contributed by atoms with E-state index in [0.717, 1.165) is 56.7 Å². The zero-order valence-corrected chi connectivity index (χ0v) is 20.6. The number of nitrogens with zero attached hydrogens (tertiary/aromatic N) is 1. The van der Waals surface area contributed by atoms with Crippen molar-refractivity contribution in [3.8, 4) is 0 Å². The van der Waals surface area contributed by atoms with E-state index < -0.39 is 23.6 Å². The van der Waals surface area contributed by atoms with Gasteiger partial charge in [0.05, 0.1) is 0 Å². The fourth-order valence-electron chi connectivity index (χ4n) is 4.36. The predicted molar refractivity (Wildman–Crippen MR) is 132 cm³/mol. The average Bonchev–Trinajstić information content (AvgIpc) is 2.84. The van der Waals surface area contributed by atoms with Crippen LogP contribution in [-0.2, 0) is 9.59 Å². The number of halogens is 2. The van der Waals surface area contributed by atoms with Crippen molar-refractivity contribution in [2.45, 2.75) is 52.1 Å². The molecule has 1 aliphatic heterocycles. The molecule has 1 atom stereocenters. The Morgan fingerprint density at radius 2 is 1.77 bits per heavy atom. The Labute approximate surface area is 205 Å². The smallest absolute Gasteiger partial charge is 0.253 e. The first-order valence-corrected chi connectivity index (χ1v) is 12.2. The number of carbonyl (C=O) groups excluding carboxylic acids is 2. The number of carbonyl (C=O) groups is 2. The Bertz CT molecular complexity index is 1040. The summed E-state index contributed by atoms with van der Waals surface area (Å²) in [4.78, 5) is 26.5. The van der Waals surface area contributed by atoms with E-state index in [4.69, 9.17) is 0 Å². The Morgan fingerprint density at radius 3 is 2.43 bits per heavy atom. The third-order valence-corrected chi connectivity index (χ3v) is 6.56. The van der Waals surface area contributed by atoms with E-state index >= 15 is 0 Å². The molecule has 0 saturated carbocycles. The lowest BCUT2D eigenvalue weighted by Crippen LogP contribution is -2.36. The van der Waals surface area contributed by atoms with E-state index in [-0.39, 0.29) is 17.4 Å². The highest BCUT2D eigenvalue weighted by Gasteiger charge is 2.23. The normalized spacial score (nSPS) is 15.7. The summed E-state index contributed by atoms with van der Waals surface area (Å²) in [6.07, 6.45) is 1.22. The van der Waals surface area contributed by atoms with Crippen LogP contribution in [0.3, 0.4) is 0 Å². The fraction of sp³-hybridized carbons (Fsp3) is 0.481. The van der Waals surface area contributed by atoms with Crippen LogP contribution in [0.15, 0.2) is 36.4 Å². The van der Waals surface area contributed by atoms with Gasteiger partial charge in [0.2, 0.25) is 5.91 Å². The van der Waals surface area contributed by atoms with E-state index in [1.807, 2.05) is 19.9 Å². The van der Waals surface area contributed by atoms with Crippen molar-refractivity contribution in [2.75, 3.05) is 31.5 Å². The van der Waals surface area contributed by atoms with Crippen LogP contribution in [-0.4, -0.2) is 48.0 Å². The molecule has 0 bridgehead atoms. The van der Waals surface area contributed by atoms with Gasteiger partial charge in [-0.1, -0.05) is 26.0 Å². The van der Waals surface area contributed by atoms with Crippen LogP contribution in [0.5, 0.6) is 0 Å². The van der Waals surface area contributed by atoms with Gasteiger partial charge >= 0.3 is 0 Å².